The molecule has 3 rings (SSSR count). The lowest BCUT2D eigenvalue weighted by Crippen LogP contribution is -2.42. The van der Waals surface area contributed by atoms with Crippen LogP contribution in [0.3, 0.4) is 0 Å². The van der Waals surface area contributed by atoms with Gasteiger partial charge in [0.2, 0.25) is 5.91 Å². The van der Waals surface area contributed by atoms with Gasteiger partial charge in [0.05, 0.1) is 0 Å². The lowest BCUT2D eigenvalue weighted by molar-refractivity contribution is -0.123. The van der Waals surface area contributed by atoms with E-state index in [9.17, 15) is 4.79 Å². The summed E-state index contributed by atoms with van der Waals surface area (Å²) in [6.07, 6.45) is 12.6. The first-order chi connectivity index (χ1) is 13.1. The standard InChI is InChI=1S/C21H39N5O/c1-23-20(26-16-11-21(17-26)9-3-2-4-10-21)24-12-5-6-13-25-14-7-18(8-15-25)19(22)27/h18H,2-17H2,1H3,(H2,22,27)(H,23,24). The third kappa shape index (κ3) is 5.59. The lowest BCUT2D eigenvalue weighted by atomic mass is 9.73. The molecule has 1 amide bonds. The van der Waals surface area contributed by atoms with Gasteiger partial charge >= 0.3 is 0 Å². The molecular formula is C21H39N5O. The third-order valence-electron chi connectivity index (χ3n) is 7.04. The second-order valence-corrected chi connectivity index (χ2v) is 8.93. The highest BCUT2D eigenvalue weighted by molar-refractivity contribution is 5.80. The van der Waals surface area contributed by atoms with Crippen molar-refractivity contribution in [1.29, 1.82) is 0 Å². The zero-order valence-electron chi connectivity index (χ0n) is 17.2. The van der Waals surface area contributed by atoms with Crippen LogP contribution in [0.4, 0.5) is 0 Å². The Morgan fingerprint density at radius 1 is 1.11 bits per heavy atom. The van der Waals surface area contributed by atoms with Crippen molar-refractivity contribution in [3.63, 3.8) is 0 Å². The molecule has 6 heteroatoms. The van der Waals surface area contributed by atoms with E-state index in [-0.39, 0.29) is 11.8 Å². The number of nitrogens with zero attached hydrogens (tertiary/aromatic N) is 3. The maximum Gasteiger partial charge on any atom is 0.220 e. The van der Waals surface area contributed by atoms with Crippen molar-refractivity contribution in [3.05, 3.63) is 0 Å². The van der Waals surface area contributed by atoms with Crippen LogP contribution in [0.1, 0.15) is 64.2 Å². The Bertz CT molecular complexity index is 507. The van der Waals surface area contributed by atoms with Crippen molar-refractivity contribution in [1.82, 2.24) is 15.1 Å². The molecule has 3 fully saturated rings. The van der Waals surface area contributed by atoms with Crippen molar-refractivity contribution < 1.29 is 4.79 Å². The molecule has 0 aromatic heterocycles. The highest BCUT2D eigenvalue weighted by atomic mass is 16.1. The van der Waals surface area contributed by atoms with Crippen LogP contribution in [0.15, 0.2) is 4.99 Å². The van der Waals surface area contributed by atoms with Crippen LogP contribution in [0.2, 0.25) is 0 Å². The number of aliphatic imine (C=N–C) groups is 1. The van der Waals surface area contributed by atoms with E-state index in [4.69, 9.17) is 5.73 Å². The van der Waals surface area contributed by atoms with Gasteiger partial charge in [-0.2, -0.15) is 0 Å². The molecule has 0 radical (unpaired) electrons. The maximum absolute atomic E-state index is 11.2. The van der Waals surface area contributed by atoms with Gasteiger partial charge in [0.25, 0.3) is 0 Å². The number of carbonyl (C=O) groups excluding carboxylic acids is 1. The average molecular weight is 378 g/mol. The fourth-order valence-corrected chi connectivity index (χ4v) is 5.26. The van der Waals surface area contributed by atoms with E-state index in [1.54, 1.807) is 0 Å². The van der Waals surface area contributed by atoms with Crippen LogP contribution in [0.25, 0.3) is 0 Å². The van der Waals surface area contributed by atoms with E-state index in [1.807, 2.05) is 7.05 Å². The van der Waals surface area contributed by atoms with Gasteiger partial charge in [-0.25, -0.2) is 0 Å². The largest absolute Gasteiger partial charge is 0.369 e. The van der Waals surface area contributed by atoms with Crippen molar-refractivity contribution in [2.75, 3.05) is 46.3 Å². The molecule has 27 heavy (non-hydrogen) atoms. The number of hydrogen-bond acceptors (Lipinski definition) is 3. The molecule has 1 spiro atoms. The second-order valence-electron chi connectivity index (χ2n) is 8.93. The van der Waals surface area contributed by atoms with Gasteiger partial charge in [-0.15, -0.1) is 0 Å². The molecule has 1 saturated carbocycles. The van der Waals surface area contributed by atoms with E-state index in [2.05, 4.69) is 20.1 Å². The minimum Gasteiger partial charge on any atom is -0.369 e. The number of primary amides is 1. The van der Waals surface area contributed by atoms with Gasteiger partial charge in [0.1, 0.15) is 0 Å². The van der Waals surface area contributed by atoms with Crippen LogP contribution >= 0.6 is 0 Å². The lowest BCUT2D eigenvalue weighted by Gasteiger charge is -2.33. The van der Waals surface area contributed by atoms with Gasteiger partial charge in [-0.3, -0.25) is 9.79 Å². The number of rotatable bonds is 6. The van der Waals surface area contributed by atoms with Crippen molar-refractivity contribution in [2.45, 2.75) is 64.2 Å². The van der Waals surface area contributed by atoms with Gasteiger partial charge in [0.15, 0.2) is 5.96 Å². The molecule has 0 aromatic rings. The summed E-state index contributed by atoms with van der Waals surface area (Å²) in [7, 11) is 1.91. The Kier molecular flexibility index (Phi) is 7.39. The first-order valence-electron chi connectivity index (χ1n) is 11.1. The number of carbonyl (C=O) groups is 1. The highest BCUT2D eigenvalue weighted by Gasteiger charge is 2.39. The molecular weight excluding hydrogens is 338 g/mol. The summed E-state index contributed by atoms with van der Waals surface area (Å²) in [5.41, 5.74) is 5.99. The molecule has 3 aliphatic rings. The van der Waals surface area contributed by atoms with E-state index < -0.39 is 0 Å². The van der Waals surface area contributed by atoms with Crippen LogP contribution in [-0.4, -0.2) is 68.0 Å². The Balaban J connectivity index is 1.30. The Morgan fingerprint density at radius 2 is 1.85 bits per heavy atom. The molecule has 2 saturated heterocycles. The first-order valence-corrected chi connectivity index (χ1v) is 11.1. The molecule has 154 valence electrons. The summed E-state index contributed by atoms with van der Waals surface area (Å²) < 4.78 is 0. The molecule has 0 bridgehead atoms. The van der Waals surface area contributed by atoms with E-state index in [0.717, 1.165) is 57.9 Å². The zero-order valence-corrected chi connectivity index (χ0v) is 17.2. The number of nitrogens with one attached hydrogen (secondary N) is 1. The molecule has 6 nitrogen and oxygen atoms in total. The fourth-order valence-electron chi connectivity index (χ4n) is 5.26. The first kappa shape index (κ1) is 20.4. The zero-order chi connectivity index (χ0) is 19.1. The predicted molar refractivity (Wildman–Crippen MR) is 111 cm³/mol. The van der Waals surface area contributed by atoms with Gasteiger partial charge in [0, 0.05) is 32.6 Å². The van der Waals surface area contributed by atoms with Crippen LogP contribution in [0, 0.1) is 11.3 Å². The van der Waals surface area contributed by atoms with Crippen LogP contribution < -0.4 is 11.1 Å². The summed E-state index contributed by atoms with van der Waals surface area (Å²) in [5.74, 6) is 1.07. The highest BCUT2D eigenvalue weighted by Crippen LogP contribution is 2.43. The number of nitrogens with two attached hydrogens (primary N) is 1. The topological polar surface area (TPSA) is 74.0 Å². The summed E-state index contributed by atoms with van der Waals surface area (Å²) >= 11 is 0. The number of unbranched alkanes of at least 4 members (excludes halogenated alkanes) is 1. The molecule has 2 heterocycles. The number of piperidine rings is 1. The van der Waals surface area contributed by atoms with Crippen LogP contribution in [-0.2, 0) is 4.79 Å². The molecule has 0 aromatic carbocycles. The number of likely N-dealkylation sites (tertiary alicyclic amines) is 2. The SMILES string of the molecule is CN=C(NCCCCN1CCC(C(N)=O)CC1)N1CCC2(CCCCC2)C1. The Hall–Kier alpha value is -1.30. The minimum atomic E-state index is -0.123. The van der Waals surface area contributed by atoms with Crippen molar-refractivity contribution in [2.24, 2.45) is 22.1 Å². The van der Waals surface area contributed by atoms with Gasteiger partial charge in [-0.1, -0.05) is 19.3 Å². The molecule has 2 aliphatic heterocycles. The normalized spacial score (nSPS) is 24.5. The Morgan fingerprint density at radius 3 is 2.52 bits per heavy atom. The van der Waals surface area contributed by atoms with Gasteiger partial charge in [-0.05, 0) is 70.0 Å². The fraction of sp³-hybridized carbons (Fsp3) is 0.905. The molecule has 3 N–H and O–H groups in total. The minimum absolute atomic E-state index is 0.0964. The third-order valence-corrected chi connectivity index (χ3v) is 7.04. The van der Waals surface area contributed by atoms with E-state index in [0.29, 0.717) is 5.41 Å². The summed E-state index contributed by atoms with van der Waals surface area (Å²) in [6, 6.07) is 0. The Labute approximate surface area is 164 Å². The van der Waals surface area contributed by atoms with Crippen molar-refractivity contribution in [3.8, 4) is 0 Å². The smallest absolute Gasteiger partial charge is 0.220 e. The molecule has 1 aliphatic carbocycles. The van der Waals surface area contributed by atoms with Crippen LogP contribution in [0.5, 0.6) is 0 Å². The van der Waals surface area contributed by atoms with E-state index in [1.165, 1.54) is 51.5 Å². The van der Waals surface area contributed by atoms with Crippen molar-refractivity contribution >= 4 is 11.9 Å². The molecule has 0 unspecified atom stereocenters. The predicted octanol–water partition coefficient (Wildman–Crippen LogP) is 2.20. The van der Waals surface area contributed by atoms with Gasteiger partial charge < -0.3 is 20.9 Å². The molecule has 0 atom stereocenters. The average Bonchev–Trinajstić information content (AvgIpc) is 3.08. The summed E-state index contributed by atoms with van der Waals surface area (Å²) in [6.45, 7) is 6.50. The quantitative estimate of drug-likeness (QED) is 0.423. The maximum atomic E-state index is 11.2. The summed E-state index contributed by atoms with van der Waals surface area (Å²) in [4.78, 5) is 20.7. The number of amides is 1. The monoisotopic (exact) mass is 377 g/mol. The number of guanidine groups is 1. The summed E-state index contributed by atoms with van der Waals surface area (Å²) in [5, 5.41) is 3.59. The second kappa shape index (κ2) is 9.76. The number of hydrogen-bond donors (Lipinski definition) is 2. The van der Waals surface area contributed by atoms with E-state index >= 15 is 0 Å².